The van der Waals surface area contributed by atoms with E-state index in [0.29, 0.717) is 5.69 Å². The van der Waals surface area contributed by atoms with Crippen molar-refractivity contribution in [2.75, 3.05) is 5.32 Å². The van der Waals surface area contributed by atoms with E-state index in [9.17, 15) is 9.18 Å². The number of hydrogen-bond acceptors (Lipinski definition) is 4. The van der Waals surface area contributed by atoms with Gasteiger partial charge in [-0.25, -0.2) is 9.37 Å². The Kier molecular flexibility index (Phi) is 5.54. The molecule has 0 spiro atoms. The van der Waals surface area contributed by atoms with E-state index in [1.165, 1.54) is 29.5 Å². The molecule has 0 bridgehead atoms. The molecule has 1 N–H and O–H groups in total. The number of thiazole rings is 1. The minimum atomic E-state index is -0.309. The number of amides is 1. The highest BCUT2D eigenvalue weighted by atomic mass is 32.1. The lowest BCUT2D eigenvalue weighted by Gasteiger charge is -2.04. The van der Waals surface area contributed by atoms with Gasteiger partial charge < -0.3 is 5.32 Å². The molecule has 1 amide bonds. The SMILES string of the molecule is O=C(/C=C/c1ccc(F)cc1)Nc1cccc(-c2csc(-c3ccccn3)n2)c1. The molecule has 6 heteroatoms. The molecule has 142 valence electrons. The molecule has 29 heavy (non-hydrogen) atoms. The monoisotopic (exact) mass is 401 g/mol. The average Bonchev–Trinajstić information content (AvgIpc) is 3.25. The lowest BCUT2D eigenvalue weighted by Crippen LogP contribution is -2.07. The number of carbonyl (C=O) groups is 1. The second-order valence-electron chi connectivity index (χ2n) is 6.21. The number of nitrogens with one attached hydrogen (secondary N) is 1. The van der Waals surface area contributed by atoms with Crippen molar-refractivity contribution in [2.24, 2.45) is 0 Å². The van der Waals surface area contributed by atoms with Crippen molar-refractivity contribution in [3.63, 3.8) is 0 Å². The first kappa shape index (κ1) is 18.7. The Bertz CT molecular complexity index is 1150. The number of carbonyl (C=O) groups excluding carboxylic acids is 1. The number of anilines is 1. The van der Waals surface area contributed by atoms with Gasteiger partial charge in [0.25, 0.3) is 0 Å². The van der Waals surface area contributed by atoms with Gasteiger partial charge in [-0.2, -0.15) is 0 Å². The topological polar surface area (TPSA) is 54.9 Å². The summed E-state index contributed by atoms with van der Waals surface area (Å²) in [6, 6.07) is 19.2. The molecule has 0 atom stereocenters. The summed E-state index contributed by atoms with van der Waals surface area (Å²) in [4.78, 5) is 21.2. The Labute approximate surface area is 171 Å². The smallest absolute Gasteiger partial charge is 0.248 e. The predicted molar refractivity (Wildman–Crippen MR) is 115 cm³/mol. The van der Waals surface area contributed by atoms with E-state index in [4.69, 9.17) is 0 Å². The van der Waals surface area contributed by atoms with E-state index in [0.717, 1.165) is 27.5 Å². The number of hydrogen-bond donors (Lipinski definition) is 1. The largest absolute Gasteiger partial charge is 0.322 e. The zero-order valence-electron chi connectivity index (χ0n) is 15.2. The molecule has 2 heterocycles. The van der Waals surface area contributed by atoms with E-state index in [1.807, 2.05) is 47.8 Å². The summed E-state index contributed by atoms with van der Waals surface area (Å²) in [5.41, 5.74) is 3.99. The lowest BCUT2D eigenvalue weighted by atomic mass is 10.1. The second-order valence-corrected chi connectivity index (χ2v) is 7.07. The number of benzene rings is 2. The first-order valence-corrected chi connectivity index (χ1v) is 9.77. The van der Waals surface area contributed by atoms with Gasteiger partial charge in [-0.3, -0.25) is 9.78 Å². The van der Waals surface area contributed by atoms with Crippen LogP contribution in [0.2, 0.25) is 0 Å². The van der Waals surface area contributed by atoms with Crippen LogP contribution >= 0.6 is 11.3 Å². The van der Waals surface area contributed by atoms with Gasteiger partial charge in [0.2, 0.25) is 5.91 Å². The van der Waals surface area contributed by atoms with Gasteiger partial charge in [0, 0.05) is 28.9 Å². The van der Waals surface area contributed by atoms with Crippen molar-refractivity contribution in [1.82, 2.24) is 9.97 Å². The van der Waals surface area contributed by atoms with Crippen LogP contribution in [-0.4, -0.2) is 15.9 Å². The lowest BCUT2D eigenvalue weighted by molar-refractivity contribution is -0.111. The highest BCUT2D eigenvalue weighted by Gasteiger charge is 2.08. The van der Waals surface area contributed by atoms with Crippen LogP contribution in [0.25, 0.3) is 28.0 Å². The van der Waals surface area contributed by atoms with Crippen LogP contribution in [-0.2, 0) is 4.79 Å². The molecule has 0 fully saturated rings. The van der Waals surface area contributed by atoms with Gasteiger partial charge >= 0.3 is 0 Å². The average molecular weight is 401 g/mol. The van der Waals surface area contributed by atoms with Crippen LogP contribution in [0.1, 0.15) is 5.56 Å². The van der Waals surface area contributed by atoms with Crippen LogP contribution in [0.5, 0.6) is 0 Å². The number of nitrogens with zero attached hydrogens (tertiary/aromatic N) is 2. The fourth-order valence-corrected chi connectivity index (χ4v) is 3.50. The van der Waals surface area contributed by atoms with Crippen LogP contribution in [0.15, 0.2) is 84.4 Å². The van der Waals surface area contributed by atoms with Crippen LogP contribution in [0, 0.1) is 5.82 Å². The maximum absolute atomic E-state index is 12.9. The van der Waals surface area contributed by atoms with E-state index >= 15 is 0 Å². The summed E-state index contributed by atoms with van der Waals surface area (Å²) in [6.07, 6.45) is 4.80. The molecule has 4 rings (SSSR count). The second kappa shape index (κ2) is 8.58. The van der Waals surface area contributed by atoms with Crippen LogP contribution in [0.3, 0.4) is 0 Å². The molecular formula is C23H16FN3OS. The molecule has 2 aromatic carbocycles. The molecule has 0 saturated heterocycles. The number of pyridine rings is 1. The van der Waals surface area contributed by atoms with E-state index in [1.54, 1.807) is 24.4 Å². The van der Waals surface area contributed by atoms with Gasteiger partial charge in [-0.1, -0.05) is 30.3 Å². The maximum atomic E-state index is 12.9. The van der Waals surface area contributed by atoms with Gasteiger partial charge in [0.1, 0.15) is 10.8 Å². The Morgan fingerprint density at radius 2 is 1.86 bits per heavy atom. The van der Waals surface area contributed by atoms with Crippen molar-refractivity contribution in [1.29, 1.82) is 0 Å². The first-order chi connectivity index (χ1) is 14.2. The predicted octanol–water partition coefficient (Wildman–Crippen LogP) is 5.66. The maximum Gasteiger partial charge on any atom is 0.248 e. The molecule has 4 nitrogen and oxygen atoms in total. The van der Waals surface area contributed by atoms with Crippen LogP contribution in [0.4, 0.5) is 10.1 Å². The van der Waals surface area contributed by atoms with E-state index < -0.39 is 0 Å². The molecule has 0 aliphatic rings. The van der Waals surface area contributed by atoms with Gasteiger partial charge in [0.05, 0.1) is 11.4 Å². The Morgan fingerprint density at radius 1 is 1.00 bits per heavy atom. The summed E-state index contributed by atoms with van der Waals surface area (Å²) < 4.78 is 12.9. The van der Waals surface area contributed by atoms with Crippen molar-refractivity contribution in [3.05, 3.63) is 95.8 Å². The highest BCUT2D eigenvalue weighted by Crippen LogP contribution is 2.28. The summed E-state index contributed by atoms with van der Waals surface area (Å²) in [7, 11) is 0. The van der Waals surface area contributed by atoms with E-state index in [2.05, 4.69) is 15.3 Å². The molecule has 0 unspecified atom stereocenters. The molecule has 4 aromatic rings. The molecule has 0 radical (unpaired) electrons. The minimum Gasteiger partial charge on any atom is -0.322 e. The van der Waals surface area contributed by atoms with Crippen LogP contribution < -0.4 is 5.32 Å². The third-order valence-corrected chi connectivity index (χ3v) is 4.98. The molecule has 0 saturated carbocycles. The van der Waals surface area contributed by atoms with Gasteiger partial charge in [0.15, 0.2) is 0 Å². The van der Waals surface area contributed by atoms with Crippen molar-refractivity contribution in [3.8, 4) is 22.0 Å². The van der Waals surface area contributed by atoms with E-state index in [-0.39, 0.29) is 11.7 Å². The first-order valence-electron chi connectivity index (χ1n) is 8.89. The summed E-state index contributed by atoms with van der Waals surface area (Å²) in [6.45, 7) is 0. The van der Waals surface area contributed by atoms with Crippen molar-refractivity contribution in [2.45, 2.75) is 0 Å². The quantitative estimate of drug-likeness (QED) is 0.439. The highest BCUT2D eigenvalue weighted by molar-refractivity contribution is 7.13. The summed E-state index contributed by atoms with van der Waals surface area (Å²) in [5, 5.41) is 5.65. The fraction of sp³-hybridized carbons (Fsp3) is 0. The zero-order valence-corrected chi connectivity index (χ0v) is 16.1. The normalized spacial score (nSPS) is 10.9. The summed E-state index contributed by atoms with van der Waals surface area (Å²) >= 11 is 1.53. The molecule has 0 aliphatic carbocycles. The third kappa shape index (κ3) is 4.80. The number of rotatable bonds is 5. The number of halogens is 1. The Balaban J connectivity index is 1.47. The molecule has 2 aromatic heterocycles. The van der Waals surface area contributed by atoms with Gasteiger partial charge in [-0.15, -0.1) is 11.3 Å². The third-order valence-electron chi connectivity index (χ3n) is 4.11. The fourth-order valence-electron chi connectivity index (χ4n) is 2.70. The molecular weight excluding hydrogens is 385 g/mol. The standard InChI is InChI=1S/C23H16FN3OS/c24-18-10-7-16(8-11-18)9-12-22(28)26-19-5-3-4-17(14-19)21-15-29-23(27-21)20-6-1-2-13-25-20/h1-15H,(H,26,28)/b12-9+. The van der Waals surface area contributed by atoms with Crippen molar-refractivity contribution < 1.29 is 9.18 Å². The number of aromatic nitrogens is 2. The Hall–Kier alpha value is -3.64. The van der Waals surface area contributed by atoms with Crippen molar-refractivity contribution >= 4 is 29.0 Å². The Morgan fingerprint density at radius 3 is 2.66 bits per heavy atom. The minimum absolute atomic E-state index is 0.265. The zero-order chi connectivity index (χ0) is 20.1. The summed E-state index contributed by atoms with van der Waals surface area (Å²) in [5.74, 6) is -0.574. The molecule has 0 aliphatic heterocycles. The van der Waals surface area contributed by atoms with Gasteiger partial charge in [-0.05, 0) is 48.0 Å².